The van der Waals surface area contributed by atoms with E-state index in [1.807, 2.05) is 4.90 Å². The number of amides is 1. The fourth-order valence-electron chi connectivity index (χ4n) is 2.45. The van der Waals surface area contributed by atoms with Gasteiger partial charge in [0.1, 0.15) is 0 Å². The van der Waals surface area contributed by atoms with Gasteiger partial charge in [-0.1, -0.05) is 13.8 Å². The summed E-state index contributed by atoms with van der Waals surface area (Å²) in [6.07, 6.45) is 1.66. The van der Waals surface area contributed by atoms with Gasteiger partial charge < -0.3 is 15.5 Å². The van der Waals surface area contributed by atoms with Crippen LogP contribution in [0.5, 0.6) is 0 Å². The second-order valence-electron chi connectivity index (χ2n) is 5.32. The van der Waals surface area contributed by atoms with Crippen molar-refractivity contribution in [1.29, 1.82) is 0 Å². The molecule has 2 heterocycles. The van der Waals surface area contributed by atoms with Crippen molar-refractivity contribution in [2.24, 2.45) is 16.6 Å². The van der Waals surface area contributed by atoms with Crippen molar-refractivity contribution >= 4 is 11.9 Å². The summed E-state index contributed by atoms with van der Waals surface area (Å²) >= 11 is 0. The average molecular weight is 238 g/mol. The Morgan fingerprint density at radius 1 is 1.53 bits per heavy atom. The Morgan fingerprint density at radius 3 is 3.00 bits per heavy atom. The molecule has 0 aromatic heterocycles. The van der Waals surface area contributed by atoms with Crippen LogP contribution in [0.4, 0.5) is 0 Å². The van der Waals surface area contributed by atoms with Crippen LogP contribution in [0.3, 0.4) is 0 Å². The first-order chi connectivity index (χ1) is 8.08. The van der Waals surface area contributed by atoms with Gasteiger partial charge in [-0.2, -0.15) is 0 Å². The van der Waals surface area contributed by atoms with Gasteiger partial charge in [0.25, 0.3) is 0 Å². The maximum atomic E-state index is 11.5. The summed E-state index contributed by atoms with van der Waals surface area (Å²) in [6, 6.07) is 0.351. The van der Waals surface area contributed by atoms with E-state index in [4.69, 9.17) is 5.73 Å². The van der Waals surface area contributed by atoms with E-state index >= 15 is 0 Å². The normalized spacial score (nSPS) is 25.7. The highest BCUT2D eigenvalue weighted by Gasteiger charge is 2.35. The largest absolute Gasteiger partial charge is 0.370 e. The summed E-state index contributed by atoms with van der Waals surface area (Å²) in [5, 5.41) is 0. The summed E-state index contributed by atoms with van der Waals surface area (Å²) in [4.78, 5) is 20.0. The maximum Gasteiger partial charge on any atom is 0.223 e. The predicted octanol–water partition coefficient (Wildman–Crippen LogP) is 0.264. The van der Waals surface area contributed by atoms with Crippen LogP contribution in [0, 0.1) is 5.92 Å². The van der Waals surface area contributed by atoms with Crippen molar-refractivity contribution in [2.45, 2.75) is 32.7 Å². The highest BCUT2D eigenvalue weighted by Crippen LogP contribution is 2.22. The number of nitrogens with zero attached hydrogens (tertiary/aromatic N) is 3. The standard InChI is InChI=1S/C12H22N4O/c1-9(2)7-14-12(13)15-5-6-16-10(8-15)3-4-11(16)17/h9-10H,3-8H2,1-2H3,(H2,13,14). The number of rotatable bonds is 2. The molecule has 0 aliphatic carbocycles. The highest BCUT2D eigenvalue weighted by atomic mass is 16.2. The lowest BCUT2D eigenvalue weighted by molar-refractivity contribution is -0.130. The van der Waals surface area contributed by atoms with Gasteiger partial charge in [0, 0.05) is 38.6 Å². The molecule has 17 heavy (non-hydrogen) atoms. The Bertz CT molecular complexity index is 326. The van der Waals surface area contributed by atoms with E-state index in [0.29, 0.717) is 30.2 Å². The van der Waals surface area contributed by atoms with Gasteiger partial charge in [-0.3, -0.25) is 9.79 Å². The molecule has 2 fully saturated rings. The molecule has 2 N–H and O–H groups in total. The van der Waals surface area contributed by atoms with Crippen LogP contribution >= 0.6 is 0 Å². The lowest BCUT2D eigenvalue weighted by Crippen LogP contribution is -2.55. The topological polar surface area (TPSA) is 61.9 Å². The third kappa shape index (κ3) is 2.70. The van der Waals surface area contributed by atoms with Crippen molar-refractivity contribution in [3.05, 3.63) is 0 Å². The monoisotopic (exact) mass is 238 g/mol. The van der Waals surface area contributed by atoms with Crippen molar-refractivity contribution < 1.29 is 4.79 Å². The first kappa shape index (κ1) is 12.2. The lowest BCUT2D eigenvalue weighted by Gasteiger charge is -2.38. The van der Waals surface area contributed by atoms with E-state index in [2.05, 4.69) is 23.7 Å². The molecule has 2 aliphatic rings. The molecule has 0 aromatic rings. The molecule has 0 saturated carbocycles. The van der Waals surface area contributed by atoms with Crippen LogP contribution in [0.2, 0.25) is 0 Å². The summed E-state index contributed by atoms with van der Waals surface area (Å²) in [5.41, 5.74) is 5.99. The zero-order valence-electron chi connectivity index (χ0n) is 10.7. The zero-order chi connectivity index (χ0) is 12.4. The molecule has 96 valence electrons. The van der Waals surface area contributed by atoms with Gasteiger partial charge in [-0.05, 0) is 12.3 Å². The fraction of sp³-hybridized carbons (Fsp3) is 0.833. The van der Waals surface area contributed by atoms with Crippen LogP contribution in [0.25, 0.3) is 0 Å². The number of hydrogen-bond acceptors (Lipinski definition) is 2. The molecule has 0 radical (unpaired) electrons. The highest BCUT2D eigenvalue weighted by molar-refractivity contribution is 5.81. The van der Waals surface area contributed by atoms with E-state index in [1.165, 1.54) is 0 Å². The van der Waals surface area contributed by atoms with E-state index < -0.39 is 0 Å². The van der Waals surface area contributed by atoms with E-state index in [1.54, 1.807) is 0 Å². The SMILES string of the molecule is CC(C)CN=C(N)N1CCN2C(=O)CCC2C1. The fourth-order valence-corrected chi connectivity index (χ4v) is 2.45. The number of hydrogen-bond donors (Lipinski definition) is 1. The maximum absolute atomic E-state index is 11.5. The van der Waals surface area contributed by atoms with Crippen molar-refractivity contribution in [3.8, 4) is 0 Å². The summed E-state index contributed by atoms with van der Waals surface area (Å²) in [7, 11) is 0. The van der Waals surface area contributed by atoms with Gasteiger partial charge in [-0.25, -0.2) is 0 Å². The van der Waals surface area contributed by atoms with Crippen LogP contribution in [0.1, 0.15) is 26.7 Å². The third-order valence-corrected chi connectivity index (χ3v) is 3.44. The zero-order valence-corrected chi connectivity index (χ0v) is 10.7. The molecule has 0 aromatic carbocycles. The molecule has 2 aliphatic heterocycles. The average Bonchev–Trinajstić information content (AvgIpc) is 2.67. The number of carbonyl (C=O) groups is 1. The molecule has 2 saturated heterocycles. The molecule has 0 spiro atoms. The lowest BCUT2D eigenvalue weighted by atomic mass is 10.1. The Hall–Kier alpha value is -1.26. The molecule has 1 atom stereocenters. The van der Waals surface area contributed by atoms with Gasteiger partial charge >= 0.3 is 0 Å². The molecule has 2 rings (SSSR count). The first-order valence-electron chi connectivity index (χ1n) is 6.42. The van der Waals surface area contributed by atoms with E-state index in [0.717, 1.165) is 32.6 Å². The quantitative estimate of drug-likeness (QED) is 0.554. The van der Waals surface area contributed by atoms with E-state index in [-0.39, 0.29) is 0 Å². The van der Waals surface area contributed by atoms with Crippen LogP contribution < -0.4 is 5.73 Å². The van der Waals surface area contributed by atoms with E-state index in [9.17, 15) is 4.79 Å². The van der Waals surface area contributed by atoms with Crippen molar-refractivity contribution in [2.75, 3.05) is 26.2 Å². The molecular weight excluding hydrogens is 216 g/mol. The van der Waals surface area contributed by atoms with Gasteiger partial charge in [-0.15, -0.1) is 0 Å². The molecule has 1 unspecified atom stereocenters. The molecule has 0 bridgehead atoms. The van der Waals surface area contributed by atoms with Crippen molar-refractivity contribution in [1.82, 2.24) is 9.80 Å². The number of piperazine rings is 1. The van der Waals surface area contributed by atoms with Crippen molar-refractivity contribution in [3.63, 3.8) is 0 Å². The van der Waals surface area contributed by atoms with Gasteiger partial charge in [0.05, 0.1) is 0 Å². The van der Waals surface area contributed by atoms with Crippen LogP contribution in [-0.2, 0) is 4.79 Å². The Labute approximate surface area is 103 Å². The number of guanidine groups is 1. The second kappa shape index (κ2) is 4.94. The molecule has 5 heteroatoms. The number of fused-ring (bicyclic) bond motifs is 1. The molecule has 5 nitrogen and oxygen atoms in total. The minimum absolute atomic E-state index is 0.298. The number of carbonyl (C=O) groups excluding carboxylic acids is 1. The predicted molar refractivity (Wildman–Crippen MR) is 67.6 cm³/mol. The van der Waals surface area contributed by atoms with Crippen LogP contribution in [0.15, 0.2) is 4.99 Å². The Balaban J connectivity index is 1.92. The first-order valence-corrected chi connectivity index (χ1v) is 6.42. The summed E-state index contributed by atoms with van der Waals surface area (Å²) in [6.45, 7) is 7.49. The molecular formula is C12H22N4O. The van der Waals surface area contributed by atoms with Gasteiger partial charge in [0.15, 0.2) is 5.96 Å². The summed E-state index contributed by atoms with van der Waals surface area (Å²) in [5.74, 6) is 1.47. The van der Waals surface area contributed by atoms with Gasteiger partial charge in [0.2, 0.25) is 5.91 Å². The second-order valence-corrected chi connectivity index (χ2v) is 5.32. The molecule has 1 amide bonds. The number of nitrogens with two attached hydrogens (primary N) is 1. The smallest absolute Gasteiger partial charge is 0.223 e. The Morgan fingerprint density at radius 2 is 2.29 bits per heavy atom. The van der Waals surface area contributed by atoms with Crippen LogP contribution in [-0.4, -0.2) is 53.9 Å². The Kier molecular flexibility index (Phi) is 3.54. The summed E-state index contributed by atoms with van der Waals surface area (Å²) < 4.78 is 0. The minimum Gasteiger partial charge on any atom is -0.370 e. The third-order valence-electron chi connectivity index (χ3n) is 3.44. The minimum atomic E-state index is 0.298. The number of aliphatic imine (C=N–C) groups is 1.